The molecule has 25 heavy (non-hydrogen) atoms. The van der Waals surface area contributed by atoms with Crippen LogP contribution in [0.1, 0.15) is 51.5 Å². The van der Waals surface area contributed by atoms with Crippen LogP contribution in [0.4, 0.5) is 0 Å². The van der Waals surface area contributed by atoms with Gasteiger partial charge in [-0.15, -0.1) is 0 Å². The molecule has 6 nitrogen and oxygen atoms in total. The molecule has 4 unspecified atom stereocenters. The van der Waals surface area contributed by atoms with Gasteiger partial charge >= 0.3 is 5.97 Å². The summed E-state index contributed by atoms with van der Waals surface area (Å²) in [6, 6.07) is 9.92. The van der Waals surface area contributed by atoms with Crippen molar-refractivity contribution in [1.29, 1.82) is 0 Å². The first-order valence-electron chi connectivity index (χ1n) is 9.23. The number of aliphatic carboxylic acids is 1. The molecule has 1 saturated heterocycles. The molecule has 3 N–H and O–H groups in total. The summed E-state index contributed by atoms with van der Waals surface area (Å²) in [4.78, 5) is 22.8. The Bertz CT molecular complexity index is 503. The largest absolute Gasteiger partial charge is 0.481 e. The van der Waals surface area contributed by atoms with Crippen molar-refractivity contribution in [2.75, 3.05) is 0 Å². The maximum Gasteiger partial charge on any atom is 0.310 e. The van der Waals surface area contributed by atoms with E-state index in [-0.39, 0.29) is 6.23 Å². The van der Waals surface area contributed by atoms with Crippen LogP contribution in [-0.2, 0) is 20.9 Å². The molecule has 1 aliphatic heterocycles. The Labute approximate surface area is 149 Å². The Balaban J connectivity index is 1.85. The van der Waals surface area contributed by atoms with E-state index in [1.165, 1.54) is 0 Å². The molecule has 1 heterocycles. The molecule has 0 aromatic heterocycles. The third kappa shape index (κ3) is 6.40. The first-order valence-corrected chi connectivity index (χ1v) is 9.23. The molecule has 140 valence electrons. The highest BCUT2D eigenvalue weighted by atomic mass is 16.8. The summed E-state index contributed by atoms with van der Waals surface area (Å²) in [6.07, 6.45) is 4.44. The van der Waals surface area contributed by atoms with Crippen molar-refractivity contribution in [1.82, 2.24) is 11.0 Å². The second kappa shape index (κ2) is 10.5. The van der Waals surface area contributed by atoms with E-state index in [4.69, 9.17) is 9.68 Å². The minimum Gasteiger partial charge on any atom is -0.481 e. The molecule has 0 spiro atoms. The number of hydroxylamine groups is 2. The van der Waals surface area contributed by atoms with E-state index in [1.807, 2.05) is 30.3 Å². The van der Waals surface area contributed by atoms with Gasteiger partial charge in [-0.05, 0) is 17.9 Å². The van der Waals surface area contributed by atoms with Crippen molar-refractivity contribution in [3.63, 3.8) is 0 Å². The molecular weight excluding hydrogens is 320 g/mol. The SMILES string of the molecule is CCCCC(CC)CC(C(=O)O)C1NOC(Cc2ccccc2)NO1. The fourth-order valence-corrected chi connectivity index (χ4v) is 3.12. The highest BCUT2D eigenvalue weighted by Crippen LogP contribution is 2.25. The third-order valence-electron chi connectivity index (χ3n) is 4.73. The number of benzene rings is 1. The summed E-state index contributed by atoms with van der Waals surface area (Å²) >= 11 is 0. The van der Waals surface area contributed by atoms with Gasteiger partial charge < -0.3 is 5.11 Å². The molecule has 1 aromatic carbocycles. The first kappa shape index (κ1) is 19.8. The van der Waals surface area contributed by atoms with Gasteiger partial charge in [0, 0.05) is 6.42 Å². The third-order valence-corrected chi connectivity index (χ3v) is 4.73. The zero-order valence-electron chi connectivity index (χ0n) is 15.1. The van der Waals surface area contributed by atoms with Gasteiger partial charge in [-0.25, -0.2) is 0 Å². The second-order valence-electron chi connectivity index (χ2n) is 6.67. The molecule has 0 amide bonds. The molecule has 1 aliphatic rings. The highest BCUT2D eigenvalue weighted by Gasteiger charge is 2.35. The highest BCUT2D eigenvalue weighted by molar-refractivity contribution is 5.70. The maximum absolute atomic E-state index is 11.7. The smallest absolute Gasteiger partial charge is 0.310 e. The van der Waals surface area contributed by atoms with Crippen LogP contribution in [-0.4, -0.2) is 23.5 Å². The maximum atomic E-state index is 11.7. The van der Waals surface area contributed by atoms with Gasteiger partial charge in [0.1, 0.15) is 5.92 Å². The molecule has 0 bridgehead atoms. The molecule has 1 aromatic rings. The Morgan fingerprint density at radius 2 is 1.96 bits per heavy atom. The fraction of sp³-hybridized carbons (Fsp3) is 0.632. The molecule has 1 fully saturated rings. The Morgan fingerprint density at radius 1 is 1.20 bits per heavy atom. The molecule has 6 heteroatoms. The molecule has 2 rings (SSSR count). The standard InChI is InChI=1S/C19H30N2O4/c1-3-5-9-14(4-2)12-16(19(22)23)18-21-24-17(20-25-18)13-15-10-7-6-8-11-15/h6-8,10-11,14,16-18,20-21H,3-5,9,12-13H2,1-2H3,(H,22,23). The van der Waals surface area contributed by atoms with Crippen molar-refractivity contribution < 1.29 is 19.6 Å². The van der Waals surface area contributed by atoms with E-state index >= 15 is 0 Å². The average molecular weight is 350 g/mol. The van der Waals surface area contributed by atoms with E-state index < -0.39 is 18.1 Å². The molecule has 0 saturated carbocycles. The second-order valence-corrected chi connectivity index (χ2v) is 6.67. The topological polar surface area (TPSA) is 79.8 Å². The lowest BCUT2D eigenvalue weighted by molar-refractivity contribution is -0.265. The van der Waals surface area contributed by atoms with Gasteiger partial charge in [0.05, 0.1) is 0 Å². The number of nitrogens with one attached hydrogen (secondary N) is 2. The molecule has 0 aliphatic carbocycles. The predicted octanol–water partition coefficient (Wildman–Crippen LogP) is 3.24. The zero-order chi connectivity index (χ0) is 18.1. The van der Waals surface area contributed by atoms with Crippen LogP contribution in [0.25, 0.3) is 0 Å². The lowest BCUT2D eigenvalue weighted by atomic mass is 9.88. The van der Waals surface area contributed by atoms with Crippen LogP contribution in [0.2, 0.25) is 0 Å². The van der Waals surface area contributed by atoms with Gasteiger partial charge in [0.25, 0.3) is 0 Å². The Kier molecular flexibility index (Phi) is 8.34. The monoisotopic (exact) mass is 350 g/mol. The van der Waals surface area contributed by atoms with Gasteiger partial charge in [-0.2, -0.15) is 11.0 Å². The lowest BCUT2D eigenvalue weighted by Crippen LogP contribution is -2.56. The summed E-state index contributed by atoms with van der Waals surface area (Å²) < 4.78 is 0. The van der Waals surface area contributed by atoms with Gasteiger partial charge in [-0.3, -0.25) is 14.5 Å². The number of carboxylic acids is 1. The number of hydrogen-bond acceptors (Lipinski definition) is 5. The van der Waals surface area contributed by atoms with Crippen molar-refractivity contribution in [3.05, 3.63) is 35.9 Å². The summed E-state index contributed by atoms with van der Waals surface area (Å²) in [5.74, 6) is -1.13. The van der Waals surface area contributed by atoms with Crippen molar-refractivity contribution >= 4 is 5.97 Å². The summed E-state index contributed by atoms with van der Waals surface area (Å²) in [6.45, 7) is 4.26. The van der Waals surface area contributed by atoms with Crippen LogP contribution < -0.4 is 11.0 Å². The molecule has 4 atom stereocenters. The number of rotatable bonds is 10. The number of carboxylic acid groups (broad SMARTS) is 1. The van der Waals surface area contributed by atoms with Gasteiger partial charge in [0.2, 0.25) is 0 Å². The predicted molar refractivity (Wildman–Crippen MR) is 95.2 cm³/mol. The first-order chi connectivity index (χ1) is 12.1. The van der Waals surface area contributed by atoms with Crippen LogP contribution in [0.5, 0.6) is 0 Å². The van der Waals surface area contributed by atoms with Crippen molar-refractivity contribution in [3.8, 4) is 0 Å². The lowest BCUT2D eigenvalue weighted by Gasteiger charge is -2.34. The van der Waals surface area contributed by atoms with Crippen molar-refractivity contribution in [2.24, 2.45) is 11.8 Å². The van der Waals surface area contributed by atoms with Crippen LogP contribution in [0.15, 0.2) is 30.3 Å². The van der Waals surface area contributed by atoms with Crippen LogP contribution >= 0.6 is 0 Å². The quantitative estimate of drug-likeness (QED) is 0.601. The number of hydrogen-bond donors (Lipinski definition) is 3. The molecular formula is C19H30N2O4. The van der Waals surface area contributed by atoms with Crippen molar-refractivity contribution in [2.45, 2.75) is 64.8 Å². The zero-order valence-corrected chi connectivity index (χ0v) is 15.1. The van der Waals surface area contributed by atoms with E-state index in [0.717, 1.165) is 31.2 Å². The van der Waals surface area contributed by atoms with Crippen LogP contribution in [0, 0.1) is 11.8 Å². The van der Waals surface area contributed by atoms with E-state index in [9.17, 15) is 9.90 Å². The number of carbonyl (C=O) groups is 1. The Hall–Kier alpha value is -1.47. The minimum atomic E-state index is -0.862. The van der Waals surface area contributed by atoms with Gasteiger partial charge in [-0.1, -0.05) is 69.9 Å². The normalized spacial score (nSPS) is 23.1. The fourth-order valence-electron chi connectivity index (χ4n) is 3.12. The molecule has 0 radical (unpaired) electrons. The number of unbranched alkanes of at least 4 members (excludes halogenated alkanes) is 1. The average Bonchev–Trinajstić information content (AvgIpc) is 2.63. The summed E-state index contributed by atoms with van der Waals surface area (Å²) in [7, 11) is 0. The Morgan fingerprint density at radius 3 is 2.52 bits per heavy atom. The van der Waals surface area contributed by atoms with Gasteiger partial charge in [0.15, 0.2) is 12.5 Å². The van der Waals surface area contributed by atoms with Crippen LogP contribution in [0.3, 0.4) is 0 Å². The van der Waals surface area contributed by atoms with E-state index in [2.05, 4.69) is 24.8 Å². The van der Waals surface area contributed by atoms with E-state index in [0.29, 0.717) is 18.8 Å². The summed E-state index contributed by atoms with van der Waals surface area (Å²) in [5, 5.41) is 9.59. The van der Waals surface area contributed by atoms with E-state index in [1.54, 1.807) is 0 Å². The summed E-state index contributed by atoms with van der Waals surface area (Å²) in [5.41, 5.74) is 6.75. The minimum absolute atomic E-state index is 0.352.